The second kappa shape index (κ2) is 4.40. The number of rotatable bonds is 1. The van der Waals surface area contributed by atoms with Gasteiger partial charge < -0.3 is 11.5 Å². The molecular weight excluding hydrogens is 260 g/mol. The summed E-state index contributed by atoms with van der Waals surface area (Å²) in [5, 5.41) is 1.53. The van der Waals surface area contributed by atoms with Crippen LogP contribution in [0, 0.1) is 0 Å². The lowest BCUT2D eigenvalue weighted by atomic mass is 10.0. The predicted octanol–water partition coefficient (Wildman–Crippen LogP) is 3.11. The van der Waals surface area contributed by atoms with E-state index in [0.29, 0.717) is 16.7 Å². The van der Waals surface area contributed by atoms with Crippen LogP contribution in [-0.2, 0) is 0 Å². The van der Waals surface area contributed by atoms with Gasteiger partial charge in [0.25, 0.3) is 0 Å². The summed E-state index contributed by atoms with van der Waals surface area (Å²) in [6.07, 6.45) is 1.54. The summed E-state index contributed by atoms with van der Waals surface area (Å²) in [5.74, 6) is 0.887. The van der Waals surface area contributed by atoms with Gasteiger partial charge in [-0.15, -0.1) is 0 Å². The maximum Gasteiger partial charge on any atom is 0.124 e. The Hall–Kier alpha value is -2.33. The van der Waals surface area contributed by atoms with Crippen LogP contribution in [0.1, 0.15) is 0 Å². The molecule has 0 saturated heterocycles. The van der Waals surface area contributed by atoms with E-state index < -0.39 is 0 Å². The first kappa shape index (κ1) is 11.7. The molecule has 4 N–H and O–H groups in total. The molecule has 0 unspecified atom stereocenters. The molecule has 0 fully saturated rings. The number of hydrogen-bond acceptors (Lipinski definition) is 4. The highest BCUT2D eigenvalue weighted by atomic mass is 35.5. The van der Waals surface area contributed by atoms with E-state index in [1.807, 2.05) is 24.3 Å². The summed E-state index contributed by atoms with van der Waals surface area (Å²) in [6, 6.07) is 11.3. The molecule has 0 aliphatic carbocycles. The molecule has 0 radical (unpaired) electrons. The Bertz CT molecular complexity index is 770. The maximum absolute atomic E-state index is 6.19. The van der Waals surface area contributed by atoms with Gasteiger partial charge in [0.2, 0.25) is 0 Å². The number of halogens is 1. The van der Waals surface area contributed by atoms with E-state index in [2.05, 4.69) is 9.97 Å². The Morgan fingerprint density at radius 3 is 2.63 bits per heavy atom. The smallest absolute Gasteiger partial charge is 0.124 e. The zero-order valence-electron chi connectivity index (χ0n) is 9.97. The molecule has 2 aromatic heterocycles. The summed E-state index contributed by atoms with van der Waals surface area (Å²) in [6.45, 7) is 0. The standard InChI is InChI=1S/C14H11ClN4/c15-11-7-18-13(17)6-10(11)9-3-1-2-8-4-5-12(16)19-14(8)9/h1-7H,(H2,16,19)(H2,17,18). The monoisotopic (exact) mass is 270 g/mol. The van der Waals surface area contributed by atoms with Crippen molar-refractivity contribution < 1.29 is 0 Å². The fourth-order valence-electron chi connectivity index (χ4n) is 2.04. The van der Waals surface area contributed by atoms with E-state index in [1.165, 1.54) is 6.20 Å². The topological polar surface area (TPSA) is 77.8 Å². The zero-order chi connectivity index (χ0) is 13.4. The number of pyridine rings is 2. The summed E-state index contributed by atoms with van der Waals surface area (Å²) >= 11 is 6.19. The molecule has 4 nitrogen and oxygen atoms in total. The normalized spacial score (nSPS) is 10.8. The fourth-order valence-corrected chi connectivity index (χ4v) is 2.25. The second-order valence-electron chi connectivity index (χ2n) is 4.20. The number of benzene rings is 1. The maximum atomic E-state index is 6.19. The minimum absolute atomic E-state index is 0.417. The third kappa shape index (κ3) is 2.06. The molecule has 0 amide bonds. The predicted molar refractivity (Wildman–Crippen MR) is 78.8 cm³/mol. The number of nitrogens with zero attached hydrogens (tertiary/aromatic N) is 2. The van der Waals surface area contributed by atoms with E-state index in [-0.39, 0.29) is 0 Å². The highest BCUT2D eigenvalue weighted by Crippen LogP contribution is 2.33. The van der Waals surface area contributed by atoms with Crippen molar-refractivity contribution in [2.45, 2.75) is 0 Å². The largest absolute Gasteiger partial charge is 0.384 e. The molecule has 0 aliphatic heterocycles. The Kier molecular flexibility index (Phi) is 2.72. The zero-order valence-corrected chi connectivity index (χ0v) is 10.7. The van der Waals surface area contributed by atoms with E-state index in [1.54, 1.807) is 12.1 Å². The van der Waals surface area contributed by atoms with Crippen molar-refractivity contribution in [2.75, 3.05) is 11.5 Å². The van der Waals surface area contributed by atoms with Crippen LogP contribution >= 0.6 is 11.6 Å². The van der Waals surface area contributed by atoms with Crippen LogP contribution in [0.25, 0.3) is 22.0 Å². The number of anilines is 2. The van der Waals surface area contributed by atoms with E-state index >= 15 is 0 Å². The SMILES string of the molecule is Nc1cc(-c2cccc3ccc(N)nc23)c(Cl)cn1. The molecule has 0 atom stereocenters. The van der Waals surface area contributed by atoms with Crippen molar-refractivity contribution in [2.24, 2.45) is 0 Å². The van der Waals surface area contributed by atoms with Crippen LogP contribution in [0.3, 0.4) is 0 Å². The van der Waals surface area contributed by atoms with Gasteiger partial charge in [-0.2, -0.15) is 0 Å². The van der Waals surface area contributed by atoms with Gasteiger partial charge in [0.05, 0.1) is 10.5 Å². The molecule has 0 bridgehead atoms. The highest BCUT2D eigenvalue weighted by molar-refractivity contribution is 6.33. The van der Waals surface area contributed by atoms with Crippen LogP contribution < -0.4 is 11.5 Å². The van der Waals surface area contributed by atoms with Gasteiger partial charge in [0.1, 0.15) is 11.6 Å². The van der Waals surface area contributed by atoms with Gasteiger partial charge in [-0.05, 0) is 18.2 Å². The number of hydrogen-bond donors (Lipinski definition) is 2. The molecule has 0 aliphatic rings. The molecule has 3 rings (SSSR count). The lowest BCUT2D eigenvalue weighted by Crippen LogP contribution is -1.94. The Morgan fingerprint density at radius 1 is 0.947 bits per heavy atom. The van der Waals surface area contributed by atoms with E-state index in [9.17, 15) is 0 Å². The van der Waals surface area contributed by atoms with Crippen LogP contribution in [-0.4, -0.2) is 9.97 Å². The van der Waals surface area contributed by atoms with Crippen LogP contribution in [0.5, 0.6) is 0 Å². The molecular formula is C14H11ClN4. The summed E-state index contributed by atoms with van der Waals surface area (Å²) in [5.41, 5.74) is 14.0. The van der Waals surface area contributed by atoms with Gasteiger partial charge in [0, 0.05) is 22.7 Å². The lowest BCUT2D eigenvalue weighted by molar-refractivity contribution is 1.33. The average molecular weight is 271 g/mol. The molecule has 1 aromatic carbocycles. The number of aromatic nitrogens is 2. The minimum atomic E-state index is 0.417. The average Bonchev–Trinajstić information content (AvgIpc) is 2.41. The van der Waals surface area contributed by atoms with Crippen molar-refractivity contribution in [3.63, 3.8) is 0 Å². The fraction of sp³-hybridized carbons (Fsp3) is 0. The first-order valence-corrected chi connectivity index (χ1v) is 6.09. The third-order valence-corrected chi connectivity index (χ3v) is 3.21. The summed E-state index contributed by atoms with van der Waals surface area (Å²) in [7, 11) is 0. The molecule has 0 spiro atoms. The van der Waals surface area contributed by atoms with Gasteiger partial charge in [-0.25, -0.2) is 9.97 Å². The summed E-state index contributed by atoms with van der Waals surface area (Å²) < 4.78 is 0. The van der Waals surface area contributed by atoms with Gasteiger partial charge in [-0.3, -0.25) is 0 Å². The van der Waals surface area contributed by atoms with Crippen molar-refractivity contribution >= 4 is 34.1 Å². The quantitative estimate of drug-likeness (QED) is 0.712. The Labute approximate surface area is 115 Å². The van der Waals surface area contributed by atoms with Crippen LogP contribution in [0.4, 0.5) is 11.6 Å². The Balaban J connectivity index is 2.36. The second-order valence-corrected chi connectivity index (χ2v) is 4.61. The van der Waals surface area contributed by atoms with E-state index in [0.717, 1.165) is 22.0 Å². The van der Waals surface area contributed by atoms with Crippen molar-refractivity contribution in [3.8, 4) is 11.1 Å². The number of para-hydroxylation sites is 1. The third-order valence-electron chi connectivity index (χ3n) is 2.91. The van der Waals surface area contributed by atoms with Gasteiger partial charge in [0.15, 0.2) is 0 Å². The van der Waals surface area contributed by atoms with Gasteiger partial charge in [-0.1, -0.05) is 29.8 Å². The molecule has 3 aromatic rings. The first-order valence-electron chi connectivity index (χ1n) is 5.72. The van der Waals surface area contributed by atoms with E-state index in [4.69, 9.17) is 23.1 Å². The van der Waals surface area contributed by atoms with Crippen LogP contribution in [0.2, 0.25) is 5.02 Å². The van der Waals surface area contributed by atoms with Crippen molar-refractivity contribution in [1.82, 2.24) is 9.97 Å². The number of fused-ring (bicyclic) bond motifs is 1. The highest BCUT2D eigenvalue weighted by Gasteiger charge is 2.10. The van der Waals surface area contributed by atoms with Crippen molar-refractivity contribution in [3.05, 3.63) is 47.6 Å². The number of nitrogens with two attached hydrogens (primary N) is 2. The molecule has 2 heterocycles. The lowest BCUT2D eigenvalue weighted by Gasteiger charge is -2.09. The first-order chi connectivity index (χ1) is 9.15. The van der Waals surface area contributed by atoms with Crippen LogP contribution in [0.15, 0.2) is 42.6 Å². The van der Waals surface area contributed by atoms with Crippen molar-refractivity contribution in [1.29, 1.82) is 0 Å². The minimum Gasteiger partial charge on any atom is -0.384 e. The molecule has 0 saturated carbocycles. The molecule has 94 valence electrons. The molecule has 5 heteroatoms. The van der Waals surface area contributed by atoms with Gasteiger partial charge >= 0.3 is 0 Å². The summed E-state index contributed by atoms with van der Waals surface area (Å²) in [4.78, 5) is 8.34. The Morgan fingerprint density at radius 2 is 1.79 bits per heavy atom. The number of nitrogen functional groups attached to an aromatic ring is 2. The molecule has 19 heavy (non-hydrogen) atoms.